The number of sulfone groups is 1. The van der Waals surface area contributed by atoms with Crippen LogP contribution in [0.4, 0.5) is 0 Å². The summed E-state index contributed by atoms with van der Waals surface area (Å²) >= 11 is 0. The average Bonchev–Trinajstić information content (AvgIpc) is 2.50. The van der Waals surface area contributed by atoms with Crippen LogP contribution in [0.2, 0.25) is 0 Å². The van der Waals surface area contributed by atoms with Crippen LogP contribution in [-0.4, -0.2) is 27.0 Å². The fourth-order valence-corrected chi connectivity index (χ4v) is 3.77. The zero-order valence-corrected chi connectivity index (χ0v) is 15.1. The van der Waals surface area contributed by atoms with Crippen molar-refractivity contribution < 1.29 is 17.9 Å². The molecule has 0 amide bonds. The molecule has 1 aliphatic heterocycles. The van der Waals surface area contributed by atoms with Crippen molar-refractivity contribution in [2.24, 2.45) is 0 Å². The Kier molecular flexibility index (Phi) is 4.54. The van der Waals surface area contributed by atoms with Crippen molar-refractivity contribution >= 4 is 9.84 Å². The van der Waals surface area contributed by atoms with E-state index in [2.05, 4.69) is 19.9 Å². The molecule has 1 heterocycles. The van der Waals surface area contributed by atoms with Crippen molar-refractivity contribution in [2.45, 2.75) is 26.9 Å². The highest BCUT2D eigenvalue weighted by Crippen LogP contribution is 2.42. The van der Waals surface area contributed by atoms with Gasteiger partial charge in [-0.3, -0.25) is 0 Å². The second kappa shape index (κ2) is 6.48. The van der Waals surface area contributed by atoms with Gasteiger partial charge in [-0.15, -0.1) is 0 Å². The van der Waals surface area contributed by atoms with Crippen molar-refractivity contribution in [3.05, 3.63) is 47.0 Å². The normalized spacial score (nSPS) is 13.0. The predicted molar refractivity (Wildman–Crippen MR) is 95.5 cm³/mol. The molecule has 4 nitrogen and oxygen atoms in total. The summed E-state index contributed by atoms with van der Waals surface area (Å²) in [5, 5.41) is 0. The highest BCUT2D eigenvalue weighted by atomic mass is 32.2. The maximum absolute atomic E-state index is 11.2. The van der Waals surface area contributed by atoms with E-state index in [1.54, 1.807) is 0 Å². The monoisotopic (exact) mass is 346 g/mol. The van der Waals surface area contributed by atoms with Crippen LogP contribution in [0.5, 0.6) is 11.5 Å². The third kappa shape index (κ3) is 3.56. The van der Waals surface area contributed by atoms with Crippen molar-refractivity contribution in [3.63, 3.8) is 0 Å². The Morgan fingerprint density at radius 1 is 1.12 bits per heavy atom. The number of hydrogen-bond donors (Lipinski definition) is 0. The summed E-state index contributed by atoms with van der Waals surface area (Å²) in [6.07, 6.45) is 1.74. The molecule has 2 aromatic carbocycles. The fraction of sp³-hybridized carbons (Fsp3) is 0.368. The van der Waals surface area contributed by atoms with E-state index in [0.29, 0.717) is 19.6 Å². The quantitative estimate of drug-likeness (QED) is 0.775. The van der Waals surface area contributed by atoms with E-state index >= 15 is 0 Å². The first kappa shape index (κ1) is 16.8. The number of aryl methyl sites for hydroxylation is 2. The molecule has 5 heteroatoms. The summed E-state index contributed by atoms with van der Waals surface area (Å²) < 4.78 is 34.0. The lowest BCUT2D eigenvalue weighted by Crippen LogP contribution is -2.10. The van der Waals surface area contributed by atoms with Crippen LogP contribution in [0.3, 0.4) is 0 Å². The number of ether oxygens (including phenoxy) is 2. The van der Waals surface area contributed by atoms with Crippen molar-refractivity contribution in [2.75, 3.05) is 18.6 Å². The average molecular weight is 346 g/mol. The minimum absolute atomic E-state index is 0.145. The molecule has 24 heavy (non-hydrogen) atoms. The molecule has 0 fully saturated rings. The zero-order chi connectivity index (χ0) is 17.3. The fourth-order valence-electron chi connectivity index (χ4n) is 3.13. The van der Waals surface area contributed by atoms with Gasteiger partial charge in [-0.1, -0.05) is 12.1 Å². The van der Waals surface area contributed by atoms with Gasteiger partial charge in [0.25, 0.3) is 0 Å². The summed E-state index contributed by atoms with van der Waals surface area (Å²) in [6.45, 7) is 5.07. The van der Waals surface area contributed by atoms with E-state index in [4.69, 9.17) is 9.47 Å². The van der Waals surface area contributed by atoms with Crippen LogP contribution < -0.4 is 9.47 Å². The van der Waals surface area contributed by atoms with Crippen molar-refractivity contribution in [3.8, 4) is 22.6 Å². The van der Waals surface area contributed by atoms with Gasteiger partial charge < -0.3 is 9.47 Å². The van der Waals surface area contributed by atoms with Gasteiger partial charge in [-0.2, -0.15) is 0 Å². The van der Waals surface area contributed by atoms with E-state index in [1.165, 1.54) is 17.4 Å². The number of hydrogen-bond acceptors (Lipinski definition) is 4. The molecule has 0 bridgehead atoms. The molecule has 0 saturated carbocycles. The van der Waals surface area contributed by atoms with Crippen molar-refractivity contribution in [1.82, 2.24) is 0 Å². The highest BCUT2D eigenvalue weighted by Gasteiger charge is 2.21. The molecule has 0 aliphatic carbocycles. The Morgan fingerprint density at radius 2 is 1.92 bits per heavy atom. The Labute approximate surface area is 143 Å². The number of benzene rings is 2. The second-order valence-electron chi connectivity index (χ2n) is 6.34. The molecule has 128 valence electrons. The van der Waals surface area contributed by atoms with E-state index in [0.717, 1.165) is 28.2 Å². The van der Waals surface area contributed by atoms with Gasteiger partial charge in [0.05, 0.1) is 12.4 Å². The standard InChI is InChI=1S/C19H22O4S/c1-13-6-4-7-17-19(13)18-14(2)10-16(11-15(18)12-23-17)22-8-5-9-24(3,20)21/h4,6-7,10-11H,5,8-9,12H2,1-3H3. The van der Waals surface area contributed by atoms with Crippen LogP contribution in [-0.2, 0) is 16.4 Å². The maximum atomic E-state index is 11.2. The summed E-state index contributed by atoms with van der Waals surface area (Å²) in [6, 6.07) is 10.1. The van der Waals surface area contributed by atoms with Gasteiger partial charge in [-0.25, -0.2) is 8.42 Å². The second-order valence-corrected chi connectivity index (χ2v) is 8.60. The molecule has 1 aliphatic rings. The molecule has 0 aromatic heterocycles. The van der Waals surface area contributed by atoms with E-state index in [-0.39, 0.29) is 5.75 Å². The highest BCUT2D eigenvalue weighted by molar-refractivity contribution is 7.90. The molecule has 0 atom stereocenters. The van der Waals surface area contributed by atoms with Gasteiger partial charge in [-0.05, 0) is 55.2 Å². The first-order valence-electron chi connectivity index (χ1n) is 8.02. The van der Waals surface area contributed by atoms with Gasteiger partial charge in [0, 0.05) is 17.4 Å². The topological polar surface area (TPSA) is 52.6 Å². The molecule has 0 radical (unpaired) electrons. The van der Waals surface area contributed by atoms with Gasteiger partial charge in [0.1, 0.15) is 27.9 Å². The third-order valence-corrected chi connectivity index (χ3v) is 5.22. The first-order chi connectivity index (χ1) is 11.3. The Bertz CT molecular complexity index is 869. The lowest BCUT2D eigenvalue weighted by molar-refractivity contribution is 0.296. The molecule has 0 unspecified atom stereocenters. The summed E-state index contributed by atoms with van der Waals surface area (Å²) in [4.78, 5) is 0. The molecule has 0 N–H and O–H groups in total. The zero-order valence-electron chi connectivity index (χ0n) is 14.3. The van der Waals surface area contributed by atoms with Gasteiger partial charge in [0.15, 0.2) is 0 Å². The summed E-state index contributed by atoms with van der Waals surface area (Å²) in [5.74, 6) is 1.83. The molecule has 0 spiro atoms. The lowest BCUT2D eigenvalue weighted by atomic mass is 9.90. The van der Waals surface area contributed by atoms with E-state index in [9.17, 15) is 8.42 Å². The molecule has 3 rings (SSSR count). The summed E-state index contributed by atoms with van der Waals surface area (Å²) in [7, 11) is -2.94. The molecular formula is C19H22O4S. The molecule has 2 aromatic rings. The Hall–Kier alpha value is -2.01. The largest absolute Gasteiger partial charge is 0.494 e. The third-order valence-electron chi connectivity index (χ3n) is 4.19. The van der Waals surface area contributed by atoms with E-state index < -0.39 is 9.84 Å². The van der Waals surface area contributed by atoms with Crippen LogP contribution >= 0.6 is 0 Å². The maximum Gasteiger partial charge on any atom is 0.147 e. The molecular weight excluding hydrogens is 324 g/mol. The Balaban J connectivity index is 1.83. The minimum atomic E-state index is -2.94. The predicted octanol–water partition coefficient (Wildman–Crippen LogP) is 3.68. The van der Waals surface area contributed by atoms with Crippen LogP contribution in [0.25, 0.3) is 11.1 Å². The van der Waals surface area contributed by atoms with Crippen LogP contribution in [0.1, 0.15) is 23.1 Å². The summed E-state index contributed by atoms with van der Waals surface area (Å²) in [5.41, 5.74) is 5.82. The van der Waals surface area contributed by atoms with Gasteiger partial charge in [0.2, 0.25) is 0 Å². The van der Waals surface area contributed by atoms with Crippen LogP contribution in [0, 0.1) is 13.8 Å². The minimum Gasteiger partial charge on any atom is -0.494 e. The van der Waals surface area contributed by atoms with E-state index in [1.807, 2.05) is 24.3 Å². The lowest BCUT2D eigenvalue weighted by Gasteiger charge is -2.25. The van der Waals surface area contributed by atoms with Crippen LogP contribution in [0.15, 0.2) is 30.3 Å². The van der Waals surface area contributed by atoms with Gasteiger partial charge >= 0.3 is 0 Å². The first-order valence-corrected chi connectivity index (χ1v) is 10.1. The molecule has 0 saturated heterocycles. The smallest absolute Gasteiger partial charge is 0.147 e. The SMILES string of the molecule is Cc1cc(OCCCS(C)(=O)=O)cc2c1-c1c(C)cccc1OC2. The number of fused-ring (bicyclic) bond motifs is 3. The number of rotatable bonds is 5. The Morgan fingerprint density at radius 3 is 2.67 bits per heavy atom. The van der Waals surface area contributed by atoms with Crippen molar-refractivity contribution in [1.29, 1.82) is 0 Å².